The molecule has 1 rings (SSSR count). The number of unbranched alkanes of at least 4 members (excludes halogenated alkanes) is 3. The Kier molecular flexibility index (Phi) is 5.10. The van der Waals surface area contributed by atoms with Gasteiger partial charge in [-0.1, -0.05) is 38.7 Å². The van der Waals surface area contributed by atoms with Crippen LogP contribution in [0.25, 0.3) is 0 Å². The van der Waals surface area contributed by atoms with E-state index >= 15 is 0 Å². The fourth-order valence-corrected chi connectivity index (χ4v) is 2.12. The minimum Gasteiger partial charge on any atom is -0.285 e. The molecule has 80 valence electrons. The zero-order chi connectivity index (χ0) is 10.4. The van der Waals surface area contributed by atoms with Crippen LogP contribution in [-0.2, 0) is 0 Å². The van der Waals surface area contributed by atoms with Crippen LogP contribution in [0, 0.1) is 0 Å². The summed E-state index contributed by atoms with van der Waals surface area (Å²) in [6.45, 7) is 4.39. The Morgan fingerprint density at radius 3 is 2.79 bits per heavy atom. The molecule has 14 heavy (non-hydrogen) atoms. The Bertz CT molecular complexity index is 220. The third-order valence-corrected chi connectivity index (χ3v) is 3.09. The van der Waals surface area contributed by atoms with Crippen molar-refractivity contribution < 1.29 is 0 Å². The molecule has 0 N–H and O–H groups in total. The molecule has 0 aromatic carbocycles. The van der Waals surface area contributed by atoms with E-state index in [4.69, 9.17) is 11.8 Å². The lowest BCUT2D eigenvalue weighted by Crippen LogP contribution is -2.25. The molecule has 2 heteroatoms. The molecule has 0 spiro atoms. The zero-order valence-corrected chi connectivity index (χ0v) is 9.93. The topological polar surface area (TPSA) is 3.24 Å². The third-order valence-electron chi connectivity index (χ3n) is 2.74. The molecule has 0 aromatic rings. The summed E-state index contributed by atoms with van der Waals surface area (Å²) in [7, 11) is 0. The Labute approximate surface area is 92.5 Å². The maximum atomic E-state index is 6.10. The minimum atomic E-state index is 0.415. The van der Waals surface area contributed by atoms with Crippen LogP contribution in [0.5, 0.6) is 0 Å². The second kappa shape index (κ2) is 6.13. The molecule has 1 heterocycles. The van der Waals surface area contributed by atoms with Crippen molar-refractivity contribution in [2.45, 2.75) is 52.0 Å². The first-order chi connectivity index (χ1) is 6.75. The van der Waals surface area contributed by atoms with E-state index in [2.05, 4.69) is 19.9 Å². The van der Waals surface area contributed by atoms with Gasteiger partial charge in [-0.2, -0.15) is 0 Å². The first-order valence-corrected chi connectivity index (χ1v) is 5.88. The van der Waals surface area contributed by atoms with Gasteiger partial charge < -0.3 is 0 Å². The van der Waals surface area contributed by atoms with E-state index in [0.717, 1.165) is 0 Å². The van der Waals surface area contributed by atoms with Gasteiger partial charge in [-0.3, -0.25) is 4.42 Å². The third kappa shape index (κ3) is 3.38. The van der Waals surface area contributed by atoms with Crippen molar-refractivity contribution in [3.63, 3.8) is 0 Å². The Hall–Kier alpha value is -0.430. The van der Waals surface area contributed by atoms with E-state index in [9.17, 15) is 0 Å². The molecule has 0 bridgehead atoms. The molecule has 1 unspecified atom stereocenters. The molecule has 1 aliphatic heterocycles. The van der Waals surface area contributed by atoms with Crippen LogP contribution in [0.15, 0.2) is 23.9 Å². The fourth-order valence-electron chi connectivity index (χ4n) is 1.80. The lowest BCUT2D eigenvalue weighted by atomic mass is 9.99. The van der Waals surface area contributed by atoms with E-state index < -0.39 is 0 Å². The molecule has 0 aromatic heterocycles. The maximum Gasteiger partial charge on any atom is 0.0662 e. The van der Waals surface area contributed by atoms with E-state index in [-0.39, 0.29) is 0 Å². The van der Waals surface area contributed by atoms with Crippen LogP contribution >= 0.6 is 11.8 Å². The highest BCUT2D eigenvalue weighted by Gasteiger charge is 2.17. The fraction of sp³-hybridized carbons (Fsp3) is 0.667. The number of hydrogen-bond donors (Lipinski definition) is 0. The first-order valence-electron chi connectivity index (χ1n) is 5.54. The smallest absolute Gasteiger partial charge is 0.0662 e. The monoisotopic (exact) mass is 213 g/mol. The summed E-state index contributed by atoms with van der Waals surface area (Å²) in [5.74, 6) is 0. The van der Waals surface area contributed by atoms with Gasteiger partial charge in [0.25, 0.3) is 0 Å². The van der Waals surface area contributed by atoms with Crippen molar-refractivity contribution in [2.24, 2.45) is 0 Å². The normalized spacial score (nSPS) is 21.2. The van der Waals surface area contributed by atoms with Crippen molar-refractivity contribution >= 4 is 11.8 Å². The van der Waals surface area contributed by atoms with Crippen LogP contribution in [0.3, 0.4) is 0 Å². The first kappa shape index (κ1) is 11.6. The molecule has 0 aliphatic carbocycles. The van der Waals surface area contributed by atoms with Gasteiger partial charge in [-0.05, 0) is 25.0 Å². The predicted molar refractivity (Wildman–Crippen MR) is 63.1 cm³/mol. The van der Waals surface area contributed by atoms with Crippen molar-refractivity contribution in [1.82, 2.24) is 4.42 Å². The quantitative estimate of drug-likeness (QED) is 0.488. The van der Waals surface area contributed by atoms with Crippen LogP contribution in [0.2, 0.25) is 0 Å². The number of rotatable bonds is 5. The van der Waals surface area contributed by atoms with Gasteiger partial charge in [0, 0.05) is 18.0 Å². The average Bonchev–Trinajstić information content (AvgIpc) is 2.16. The lowest BCUT2D eigenvalue weighted by Gasteiger charge is -2.27. The molecular weight excluding hydrogens is 194 g/mol. The standard InChI is InChI=1S/C12H20ClN/c1-3-4-5-6-9-12-11(2)8-7-10-14(12)13/h7-8,10,12H,3-6,9H2,1-2H3. The summed E-state index contributed by atoms with van der Waals surface area (Å²) in [5.41, 5.74) is 1.37. The van der Waals surface area contributed by atoms with Gasteiger partial charge in [-0.15, -0.1) is 0 Å². The summed E-state index contributed by atoms with van der Waals surface area (Å²) >= 11 is 6.10. The number of halogens is 1. The van der Waals surface area contributed by atoms with E-state index in [1.54, 1.807) is 4.42 Å². The molecule has 1 aliphatic rings. The largest absolute Gasteiger partial charge is 0.285 e. The highest BCUT2D eigenvalue weighted by atomic mass is 35.5. The van der Waals surface area contributed by atoms with Crippen molar-refractivity contribution in [2.75, 3.05) is 0 Å². The molecule has 0 saturated carbocycles. The molecule has 1 nitrogen and oxygen atoms in total. The average molecular weight is 214 g/mol. The van der Waals surface area contributed by atoms with Crippen molar-refractivity contribution in [1.29, 1.82) is 0 Å². The van der Waals surface area contributed by atoms with Crippen molar-refractivity contribution in [3.05, 3.63) is 23.9 Å². The summed E-state index contributed by atoms with van der Waals surface area (Å²) in [4.78, 5) is 0. The SMILES string of the molecule is CCCCCCC1C(C)=CC=CN1Cl. The minimum absolute atomic E-state index is 0.415. The van der Waals surface area contributed by atoms with Crippen molar-refractivity contribution in [3.8, 4) is 0 Å². The molecule has 0 radical (unpaired) electrons. The van der Waals surface area contributed by atoms with Gasteiger partial charge in [0.2, 0.25) is 0 Å². The molecule has 0 saturated heterocycles. The highest BCUT2D eigenvalue weighted by Crippen LogP contribution is 2.23. The van der Waals surface area contributed by atoms with Gasteiger partial charge in [0.05, 0.1) is 6.04 Å². The van der Waals surface area contributed by atoms with Crippen LogP contribution in [0.4, 0.5) is 0 Å². The summed E-state index contributed by atoms with van der Waals surface area (Å²) in [6.07, 6.45) is 12.5. The predicted octanol–water partition coefficient (Wildman–Crippen LogP) is 4.25. The van der Waals surface area contributed by atoms with E-state index in [0.29, 0.717) is 6.04 Å². The van der Waals surface area contributed by atoms with Gasteiger partial charge in [0.15, 0.2) is 0 Å². The summed E-state index contributed by atoms with van der Waals surface area (Å²) in [5, 5.41) is 0. The molecule has 0 amide bonds. The van der Waals surface area contributed by atoms with Crippen LogP contribution in [0.1, 0.15) is 46.0 Å². The Morgan fingerprint density at radius 1 is 1.36 bits per heavy atom. The second-order valence-corrected chi connectivity index (χ2v) is 4.35. The number of allylic oxidation sites excluding steroid dienone is 2. The molecule has 1 atom stereocenters. The number of nitrogens with zero attached hydrogens (tertiary/aromatic N) is 1. The zero-order valence-electron chi connectivity index (χ0n) is 9.17. The second-order valence-electron chi connectivity index (χ2n) is 3.96. The lowest BCUT2D eigenvalue weighted by molar-refractivity contribution is 0.426. The van der Waals surface area contributed by atoms with Gasteiger partial charge in [0.1, 0.15) is 0 Å². The molecule has 0 fully saturated rings. The van der Waals surface area contributed by atoms with E-state index in [1.807, 2.05) is 12.3 Å². The van der Waals surface area contributed by atoms with Crippen LogP contribution in [-0.4, -0.2) is 10.5 Å². The van der Waals surface area contributed by atoms with E-state index in [1.165, 1.54) is 37.7 Å². The maximum absolute atomic E-state index is 6.10. The van der Waals surface area contributed by atoms with Crippen LogP contribution < -0.4 is 0 Å². The highest BCUT2D eigenvalue weighted by molar-refractivity contribution is 6.14. The van der Waals surface area contributed by atoms with Gasteiger partial charge >= 0.3 is 0 Å². The number of hydrogen-bond acceptors (Lipinski definition) is 1. The van der Waals surface area contributed by atoms with Gasteiger partial charge in [-0.25, -0.2) is 0 Å². The Balaban J connectivity index is 2.29. The Morgan fingerprint density at radius 2 is 2.14 bits per heavy atom. The summed E-state index contributed by atoms with van der Waals surface area (Å²) < 4.78 is 1.81. The summed E-state index contributed by atoms with van der Waals surface area (Å²) in [6, 6.07) is 0.415. The molecular formula is C12H20ClN.